The van der Waals surface area contributed by atoms with Crippen LogP contribution in [0, 0.1) is 22.7 Å². The van der Waals surface area contributed by atoms with Gasteiger partial charge in [-0.3, -0.25) is 4.79 Å². The number of rotatable bonds is 3. The summed E-state index contributed by atoms with van der Waals surface area (Å²) in [6.07, 6.45) is 5.39. The second-order valence-corrected chi connectivity index (χ2v) is 11.1. The highest BCUT2D eigenvalue weighted by Gasteiger charge is 2.32. The van der Waals surface area contributed by atoms with Crippen molar-refractivity contribution in [1.29, 1.82) is 5.26 Å². The summed E-state index contributed by atoms with van der Waals surface area (Å²) >= 11 is 8.43. The van der Waals surface area contributed by atoms with Crippen molar-refractivity contribution >= 4 is 50.5 Å². The molecule has 1 aromatic rings. The number of nitriles is 1. The Labute approximate surface area is 175 Å². The normalized spacial score (nSPS) is 19.5. The molecule has 1 aliphatic carbocycles. The van der Waals surface area contributed by atoms with Crippen molar-refractivity contribution < 1.29 is 4.79 Å². The maximum absolute atomic E-state index is 12.4. The summed E-state index contributed by atoms with van der Waals surface area (Å²) < 4.78 is 0.807. The first-order valence-corrected chi connectivity index (χ1v) is 11.8. The van der Waals surface area contributed by atoms with E-state index in [1.165, 1.54) is 29.5 Å². The molecule has 1 amide bonds. The number of anilines is 1. The topological polar surface area (TPSA) is 56.1 Å². The van der Waals surface area contributed by atoms with Gasteiger partial charge in [0.05, 0.1) is 11.3 Å². The molecule has 1 atom stereocenters. The number of carbonyl (C=O) groups excluding carboxylic acids is 1. The van der Waals surface area contributed by atoms with Gasteiger partial charge in [-0.1, -0.05) is 44.8 Å². The number of carbonyl (C=O) groups is 1. The first-order valence-electron chi connectivity index (χ1n) is 9.55. The molecule has 0 spiro atoms. The zero-order chi connectivity index (χ0) is 19.6. The van der Waals surface area contributed by atoms with Crippen molar-refractivity contribution in [3.63, 3.8) is 0 Å². The average Bonchev–Trinajstić information content (AvgIpc) is 3.25. The molecule has 146 valence electrons. The second-order valence-electron chi connectivity index (χ2n) is 8.42. The van der Waals surface area contributed by atoms with Gasteiger partial charge in [0, 0.05) is 18.0 Å². The predicted octanol–water partition coefficient (Wildman–Crippen LogP) is 4.82. The quantitative estimate of drug-likeness (QED) is 0.709. The van der Waals surface area contributed by atoms with Gasteiger partial charge in [-0.05, 0) is 49.0 Å². The molecule has 1 N–H and O–H groups in total. The van der Waals surface area contributed by atoms with Gasteiger partial charge in [0.25, 0.3) is 0 Å². The Balaban J connectivity index is 1.63. The molecule has 27 heavy (non-hydrogen) atoms. The summed E-state index contributed by atoms with van der Waals surface area (Å²) in [5.74, 6) is 0.837. The van der Waals surface area contributed by atoms with E-state index >= 15 is 0 Å². The van der Waals surface area contributed by atoms with E-state index in [-0.39, 0.29) is 11.3 Å². The van der Waals surface area contributed by atoms with Gasteiger partial charge >= 0.3 is 0 Å². The van der Waals surface area contributed by atoms with Crippen LogP contribution in [0.5, 0.6) is 0 Å². The van der Waals surface area contributed by atoms with Crippen LogP contribution in [0.1, 0.15) is 56.0 Å². The molecule has 7 heteroatoms. The molecule has 1 fully saturated rings. The van der Waals surface area contributed by atoms with Crippen LogP contribution in [0.4, 0.5) is 5.00 Å². The highest BCUT2D eigenvalue weighted by atomic mass is 32.2. The molecule has 0 bridgehead atoms. The van der Waals surface area contributed by atoms with Crippen LogP contribution >= 0.6 is 35.3 Å². The van der Waals surface area contributed by atoms with Crippen LogP contribution in [0.15, 0.2) is 0 Å². The Hall–Kier alpha value is -1.10. The maximum atomic E-state index is 12.4. The number of hydrogen-bond donors (Lipinski definition) is 1. The number of hydrogen-bond acceptors (Lipinski definition) is 5. The van der Waals surface area contributed by atoms with E-state index in [4.69, 9.17) is 12.2 Å². The van der Waals surface area contributed by atoms with Crippen LogP contribution in [0.25, 0.3) is 0 Å². The van der Waals surface area contributed by atoms with Gasteiger partial charge < -0.3 is 10.2 Å². The zero-order valence-corrected chi connectivity index (χ0v) is 18.7. The van der Waals surface area contributed by atoms with Crippen molar-refractivity contribution in [3.8, 4) is 6.07 Å². The van der Waals surface area contributed by atoms with Crippen LogP contribution in [-0.2, 0) is 17.6 Å². The number of nitrogens with zero attached hydrogens (tertiary/aromatic N) is 2. The standard InChI is InChI=1S/C20H27N3OS3/c1-20(2,3)13-6-7-14-15(11-21)18(27-16(14)10-13)22-17(24)12-26-19(25)23-8-4-5-9-23/h13H,4-10,12H2,1-3H3,(H,22,24)/t13-/m1/s1. The minimum Gasteiger partial charge on any atom is -0.358 e. The summed E-state index contributed by atoms with van der Waals surface area (Å²) in [6, 6.07) is 2.33. The minimum atomic E-state index is -0.0796. The van der Waals surface area contributed by atoms with E-state index < -0.39 is 0 Å². The predicted molar refractivity (Wildman–Crippen MR) is 118 cm³/mol. The maximum Gasteiger partial charge on any atom is 0.235 e. The number of thiophene rings is 1. The van der Waals surface area contributed by atoms with Crippen LogP contribution in [0.3, 0.4) is 0 Å². The number of fused-ring (bicyclic) bond motifs is 1. The Bertz CT molecular complexity index is 767. The SMILES string of the molecule is CC(C)(C)[C@@H]1CCc2c(sc(NC(=O)CSC(=S)N3CCCC3)c2C#N)C1. The molecule has 1 aliphatic heterocycles. The summed E-state index contributed by atoms with van der Waals surface area (Å²) in [4.78, 5) is 15.9. The third-order valence-electron chi connectivity index (χ3n) is 5.55. The van der Waals surface area contributed by atoms with Crippen molar-refractivity contribution in [1.82, 2.24) is 4.90 Å². The van der Waals surface area contributed by atoms with Crippen LogP contribution in [0.2, 0.25) is 0 Å². The first kappa shape index (κ1) is 20.6. The monoisotopic (exact) mass is 421 g/mol. The third-order valence-corrected chi connectivity index (χ3v) is 8.24. The lowest BCUT2D eigenvalue weighted by Crippen LogP contribution is -2.26. The molecule has 0 unspecified atom stereocenters. The van der Waals surface area contributed by atoms with Crippen LogP contribution in [-0.4, -0.2) is 34.0 Å². The van der Waals surface area contributed by atoms with Gasteiger partial charge in [-0.2, -0.15) is 5.26 Å². The van der Waals surface area contributed by atoms with E-state index in [0.717, 1.165) is 47.2 Å². The Morgan fingerprint density at radius 3 is 2.74 bits per heavy atom. The number of amides is 1. The van der Waals surface area contributed by atoms with Gasteiger partial charge in [-0.25, -0.2) is 0 Å². The molecule has 3 rings (SSSR count). The zero-order valence-electron chi connectivity index (χ0n) is 16.3. The third kappa shape index (κ3) is 4.85. The fourth-order valence-corrected chi connectivity index (χ4v) is 6.16. The lowest BCUT2D eigenvalue weighted by molar-refractivity contribution is -0.113. The first-order chi connectivity index (χ1) is 12.8. The van der Waals surface area contributed by atoms with E-state index in [1.54, 1.807) is 11.3 Å². The molecule has 0 aromatic carbocycles. The van der Waals surface area contributed by atoms with Crippen LogP contribution < -0.4 is 5.32 Å². The van der Waals surface area contributed by atoms with Gasteiger partial charge in [0.15, 0.2) is 0 Å². The van der Waals surface area contributed by atoms with E-state index in [2.05, 4.69) is 37.1 Å². The van der Waals surface area contributed by atoms with E-state index in [9.17, 15) is 10.1 Å². The highest BCUT2D eigenvalue weighted by Crippen LogP contribution is 2.44. The molecule has 0 saturated carbocycles. The van der Waals surface area contributed by atoms with Crippen molar-refractivity contribution in [2.24, 2.45) is 11.3 Å². The molecule has 2 aliphatic rings. The average molecular weight is 422 g/mol. The number of likely N-dealkylation sites (tertiary alicyclic amines) is 1. The number of thiocarbonyl (C=S) groups is 1. The Morgan fingerprint density at radius 1 is 1.41 bits per heavy atom. The number of nitrogens with one attached hydrogen (secondary N) is 1. The van der Waals surface area contributed by atoms with Crippen molar-refractivity contribution in [2.75, 3.05) is 24.2 Å². The lowest BCUT2D eigenvalue weighted by Gasteiger charge is -2.33. The summed E-state index contributed by atoms with van der Waals surface area (Å²) in [6.45, 7) is 8.84. The molecule has 1 saturated heterocycles. The van der Waals surface area contributed by atoms with Gasteiger partial charge in [0.2, 0.25) is 5.91 Å². The number of thioether (sulfide) groups is 1. The molecule has 2 heterocycles. The Morgan fingerprint density at radius 2 is 2.11 bits per heavy atom. The fourth-order valence-electron chi connectivity index (χ4n) is 3.81. The van der Waals surface area contributed by atoms with E-state index in [0.29, 0.717) is 17.2 Å². The molecule has 1 aromatic heterocycles. The fraction of sp³-hybridized carbons (Fsp3) is 0.650. The summed E-state index contributed by atoms with van der Waals surface area (Å²) in [5.41, 5.74) is 2.08. The second kappa shape index (κ2) is 8.50. The summed E-state index contributed by atoms with van der Waals surface area (Å²) in [7, 11) is 0. The molecular formula is C20H27N3OS3. The smallest absolute Gasteiger partial charge is 0.235 e. The van der Waals surface area contributed by atoms with Crippen molar-refractivity contribution in [3.05, 3.63) is 16.0 Å². The van der Waals surface area contributed by atoms with Gasteiger partial charge in [0.1, 0.15) is 15.4 Å². The van der Waals surface area contributed by atoms with Crippen molar-refractivity contribution in [2.45, 2.75) is 52.9 Å². The minimum absolute atomic E-state index is 0.0796. The summed E-state index contributed by atoms with van der Waals surface area (Å²) in [5, 5.41) is 13.3. The largest absolute Gasteiger partial charge is 0.358 e. The Kier molecular flexibility index (Phi) is 6.50. The van der Waals surface area contributed by atoms with Gasteiger partial charge in [-0.15, -0.1) is 11.3 Å². The molecule has 0 radical (unpaired) electrons. The highest BCUT2D eigenvalue weighted by molar-refractivity contribution is 8.23. The molecular weight excluding hydrogens is 394 g/mol. The lowest BCUT2D eigenvalue weighted by atomic mass is 9.72. The van der Waals surface area contributed by atoms with E-state index in [1.807, 2.05) is 0 Å². The molecule has 4 nitrogen and oxygen atoms in total.